The van der Waals surface area contributed by atoms with Crippen LogP contribution < -0.4 is 16.4 Å². The number of carbonyl (C=O) groups is 2. The normalized spacial score (nSPS) is 16.6. The smallest absolute Gasteiger partial charge is 0.312 e. The Balaban J connectivity index is 1.65. The van der Waals surface area contributed by atoms with Gasteiger partial charge >= 0.3 is 6.03 Å². The number of urea groups is 1. The summed E-state index contributed by atoms with van der Waals surface area (Å²) in [6.45, 7) is 0.505. The highest BCUT2D eigenvalue weighted by molar-refractivity contribution is 7.10. The van der Waals surface area contributed by atoms with E-state index in [0.29, 0.717) is 6.54 Å². The molecule has 1 aliphatic rings. The zero-order valence-corrected chi connectivity index (χ0v) is 15.9. The number of hydrogen-bond acceptors (Lipinski definition) is 3. The maximum absolute atomic E-state index is 13.3. The van der Waals surface area contributed by atoms with Crippen molar-refractivity contribution < 1.29 is 14.0 Å². The first kappa shape index (κ1) is 19.4. The molecule has 1 aliphatic carbocycles. The summed E-state index contributed by atoms with van der Waals surface area (Å²) in [5.74, 6) is -0.400. The van der Waals surface area contributed by atoms with Gasteiger partial charge < -0.3 is 16.4 Å². The van der Waals surface area contributed by atoms with E-state index in [1.165, 1.54) is 23.5 Å². The van der Waals surface area contributed by atoms with Gasteiger partial charge in [-0.1, -0.05) is 31.0 Å². The Morgan fingerprint density at radius 3 is 2.48 bits per heavy atom. The van der Waals surface area contributed by atoms with Crippen LogP contribution in [0.2, 0.25) is 0 Å². The Bertz CT molecular complexity index is 771. The third-order valence-electron chi connectivity index (χ3n) is 5.23. The number of halogens is 1. The Morgan fingerprint density at radius 1 is 1.19 bits per heavy atom. The van der Waals surface area contributed by atoms with Crippen LogP contribution in [-0.4, -0.2) is 18.5 Å². The van der Waals surface area contributed by atoms with Gasteiger partial charge in [-0.25, -0.2) is 9.18 Å². The summed E-state index contributed by atoms with van der Waals surface area (Å²) in [6.07, 6.45) is 4.24. The van der Waals surface area contributed by atoms with Crippen LogP contribution in [0.5, 0.6) is 0 Å². The first-order chi connectivity index (χ1) is 13.0. The van der Waals surface area contributed by atoms with Crippen molar-refractivity contribution in [2.45, 2.75) is 43.6 Å². The molecule has 1 saturated carbocycles. The van der Waals surface area contributed by atoms with Crippen LogP contribution in [0.1, 0.15) is 48.6 Å². The summed E-state index contributed by atoms with van der Waals surface area (Å²) in [5, 5.41) is 7.55. The first-order valence-electron chi connectivity index (χ1n) is 9.11. The van der Waals surface area contributed by atoms with Crippen LogP contribution in [0.25, 0.3) is 0 Å². The van der Waals surface area contributed by atoms with Gasteiger partial charge in [-0.2, -0.15) is 0 Å². The number of primary amides is 1. The van der Waals surface area contributed by atoms with Crippen LogP contribution in [0, 0.1) is 5.82 Å². The summed E-state index contributed by atoms with van der Waals surface area (Å²) in [5.41, 5.74) is 6.16. The summed E-state index contributed by atoms with van der Waals surface area (Å²) in [4.78, 5) is 24.7. The highest BCUT2D eigenvalue weighted by Crippen LogP contribution is 2.40. The van der Waals surface area contributed by atoms with Gasteiger partial charge in [-0.05, 0) is 42.0 Å². The Hall–Kier alpha value is -2.41. The van der Waals surface area contributed by atoms with Crippen molar-refractivity contribution >= 4 is 23.3 Å². The van der Waals surface area contributed by atoms with Crippen molar-refractivity contribution in [3.05, 3.63) is 58.0 Å². The Kier molecular flexibility index (Phi) is 6.11. The van der Waals surface area contributed by atoms with Crippen molar-refractivity contribution in [3.8, 4) is 0 Å². The van der Waals surface area contributed by atoms with E-state index in [9.17, 15) is 14.0 Å². The molecule has 0 spiro atoms. The van der Waals surface area contributed by atoms with Gasteiger partial charge in [-0.3, -0.25) is 4.79 Å². The van der Waals surface area contributed by atoms with Gasteiger partial charge in [0.25, 0.3) is 0 Å². The maximum Gasteiger partial charge on any atom is 0.312 e. The topological polar surface area (TPSA) is 84.2 Å². The number of amides is 3. The zero-order chi connectivity index (χ0) is 19.3. The molecule has 1 aromatic carbocycles. The molecule has 1 unspecified atom stereocenters. The van der Waals surface area contributed by atoms with Gasteiger partial charge in [0.05, 0.1) is 12.5 Å². The van der Waals surface area contributed by atoms with E-state index in [4.69, 9.17) is 5.73 Å². The Morgan fingerprint density at radius 2 is 1.89 bits per heavy atom. The summed E-state index contributed by atoms with van der Waals surface area (Å²) < 4.78 is 13.3. The average Bonchev–Trinajstić information content (AvgIpc) is 3.32. The lowest BCUT2D eigenvalue weighted by Crippen LogP contribution is -2.41. The molecular weight excluding hydrogens is 365 g/mol. The lowest BCUT2D eigenvalue weighted by molar-refractivity contribution is -0.121. The fourth-order valence-electron chi connectivity index (χ4n) is 3.83. The molecule has 5 nitrogen and oxygen atoms in total. The highest BCUT2D eigenvalue weighted by Gasteiger charge is 2.36. The average molecular weight is 389 g/mol. The summed E-state index contributed by atoms with van der Waals surface area (Å²) in [6, 6.07) is 9.23. The first-order valence-corrected chi connectivity index (χ1v) is 9.99. The number of hydrogen-bond donors (Lipinski definition) is 3. The van der Waals surface area contributed by atoms with Crippen molar-refractivity contribution in [1.82, 2.24) is 10.6 Å². The number of rotatable bonds is 7. The van der Waals surface area contributed by atoms with E-state index < -0.39 is 12.1 Å². The van der Waals surface area contributed by atoms with Crippen LogP contribution in [-0.2, 0) is 10.2 Å². The summed E-state index contributed by atoms with van der Waals surface area (Å²) >= 11 is 1.47. The van der Waals surface area contributed by atoms with Crippen LogP contribution in [0.15, 0.2) is 41.8 Å². The standard InChI is InChI=1S/C20H24FN3O2S/c21-15-7-5-14(6-8-15)20(9-1-2-10-20)13-23-18(25)12-16(24-19(22)26)17-4-3-11-27-17/h3-8,11,16H,1-2,9-10,12-13H2,(H,23,25)(H3,22,24,26). The third-order valence-corrected chi connectivity index (χ3v) is 6.22. The molecule has 1 fully saturated rings. The quantitative estimate of drug-likeness (QED) is 0.676. The number of carbonyl (C=O) groups excluding carboxylic acids is 2. The monoisotopic (exact) mass is 389 g/mol. The molecule has 3 amide bonds. The van der Waals surface area contributed by atoms with E-state index in [1.807, 2.05) is 29.6 Å². The number of benzene rings is 1. The fraction of sp³-hybridized carbons (Fsp3) is 0.400. The van der Waals surface area contributed by atoms with E-state index >= 15 is 0 Å². The van der Waals surface area contributed by atoms with Crippen LogP contribution in [0.4, 0.5) is 9.18 Å². The van der Waals surface area contributed by atoms with Crippen molar-refractivity contribution in [2.24, 2.45) is 5.73 Å². The van der Waals surface area contributed by atoms with E-state index in [2.05, 4.69) is 10.6 Å². The van der Waals surface area contributed by atoms with Crippen molar-refractivity contribution in [3.63, 3.8) is 0 Å². The molecule has 0 saturated heterocycles. The SMILES string of the molecule is NC(=O)NC(CC(=O)NCC1(c2ccc(F)cc2)CCCC1)c1cccs1. The minimum absolute atomic E-state index is 0.128. The minimum atomic E-state index is -0.653. The molecule has 3 rings (SSSR count). The van der Waals surface area contributed by atoms with Gasteiger partial charge in [0.2, 0.25) is 5.91 Å². The number of nitrogens with one attached hydrogen (secondary N) is 2. The van der Waals surface area contributed by atoms with Gasteiger partial charge in [0.1, 0.15) is 5.82 Å². The molecule has 27 heavy (non-hydrogen) atoms. The molecule has 1 atom stereocenters. The second-order valence-corrected chi connectivity index (χ2v) is 8.03. The molecule has 0 bridgehead atoms. The largest absolute Gasteiger partial charge is 0.355 e. The lowest BCUT2D eigenvalue weighted by Gasteiger charge is -2.30. The lowest BCUT2D eigenvalue weighted by atomic mass is 9.78. The Labute approximate surface area is 162 Å². The molecular formula is C20H24FN3O2S. The molecule has 144 valence electrons. The maximum atomic E-state index is 13.3. The van der Waals surface area contributed by atoms with E-state index in [1.54, 1.807) is 0 Å². The van der Waals surface area contributed by atoms with Crippen molar-refractivity contribution in [2.75, 3.05) is 6.54 Å². The summed E-state index contributed by atoms with van der Waals surface area (Å²) in [7, 11) is 0. The van der Waals surface area contributed by atoms with Crippen molar-refractivity contribution in [1.29, 1.82) is 0 Å². The molecule has 0 aliphatic heterocycles. The van der Waals surface area contributed by atoms with Gasteiger partial charge in [-0.15, -0.1) is 11.3 Å². The zero-order valence-electron chi connectivity index (χ0n) is 15.0. The molecule has 0 radical (unpaired) electrons. The van der Waals surface area contributed by atoms with Crippen LogP contribution in [0.3, 0.4) is 0 Å². The number of thiophene rings is 1. The molecule has 7 heteroatoms. The predicted octanol–water partition coefficient (Wildman–Crippen LogP) is 3.61. The highest BCUT2D eigenvalue weighted by atomic mass is 32.1. The third kappa shape index (κ3) is 4.86. The second-order valence-electron chi connectivity index (χ2n) is 7.05. The van der Waals surface area contributed by atoms with Gasteiger partial charge in [0, 0.05) is 16.8 Å². The molecule has 1 heterocycles. The van der Waals surface area contributed by atoms with E-state index in [-0.39, 0.29) is 23.6 Å². The predicted molar refractivity (Wildman–Crippen MR) is 104 cm³/mol. The fourth-order valence-corrected chi connectivity index (χ4v) is 4.61. The second kappa shape index (κ2) is 8.52. The molecule has 1 aromatic heterocycles. The number of nitrogens with two attached hydrogens (primary N) is 1. The molecule has 2 aromatic rings. The minimum Gasteiger partial charge on any atom is -0.355 e. The van der Waals surface area contributed by atoms with Crippen LogP contribution >= 0.6 is 11.3 Å². The van der Waals surface area contributed by atoms with Gasteiger partial charge in [0.15, 0.2) is 0 Å². The van der Waals surface area contributed by atoms with E-state index in [0.717, 1.165) is 36.1 Å². The molecule has 4 N–H and O–H groups in total.